The van der Waals surface area contributed by atoms with Gasteiger partial charge in [-0.15, -0.1) is 0 Å². The maximum atomic E-state index is 12.5. The van der Waals surface area contributed by atoms with E-state index in [0.717, 1.165) is 24.1 Å². The third-order valence-electron chi connectivity index (χ3n) is 4.41. The van der Waals surface area contributed by atoms with Gasteiger partial charge in [0.1, 0.15) is 0 Å². The number of hydrogen-bond donors (Lipinski definition) is 2. The zero-order valence-electron chi connectivity index (χ0n) is 14.7. The van der Waals surface area contributed by atoms with E-state index in [1.165, 1.54) is 0 Å². The number of aryl methyl sites for hydroxylation is 1. The number of nitrogens with zero attached hydrogens (tertiary/aromatic N) is 1. The Morgan fingerprint density at radius 1 is 0.963 bits per heavy atom. The van der Waals surface area contributed by atoms with Crippen molar-refractivity contribution in [2.24, 2.45) is 0 Å². The molecule has 0 spiro atoms. The van der Waals surface area contributed by atoms with Crippen LogP contribution in [0.15, 0.2) is 53.0 Å². The van der Waals surface area contributed by atoms with Crippen molar-refractivity contribution in [2.45, 2.75) is 25.7 Å². The second-order valence-corrected chi connectivity index (χ2v) is 7.11. The lowest BCUT2D eigenvalue weighted by molar-refractivity contribution is -0.125. The highest BCUT2D eigenvalue weighted by Crippen LogP contribution is 2.27. The number of benzene rings is 2. The highest BCUT2D eigenvalue weighted by atomic mass is 79.9. The molecule has 0 aromatic heterocycles. The molecule has 0 saturated carbocycles. The molecule has 7 heteroatoms. The number of rotatable bonds is 4. The van der Waals surface area contributed by atoms with E-state index in [-0.39, 0.29) is 18.7 Å². The first-order chi connectivity index (χ1) is 13.1. The van der Waals surface area contributed by atoms with Crippen LogP contribution >= 0.6 is 15.9 Å². The van der Waals surface area contributed by atoms with E-state index in [9.17, 15) is 14.4 Å². The normalized spacial score (nSPS) is 12.9. The van der Waals surface area contributed by atoms with Gasteiger partial charge in [-0.05, 0) is 52.5 Å². The zero-order chi connectivity index (χ0) is 19.2. The first-order valence-electron chi connectivity index (χ1n) is 8.78. The molecule has 0 aliphatic carbocycles. The standard InChI is InChI=1S/C20H20BrN3O3/c21-16-9-3-2-8-15(16)20(27)23-22-18(25)11-12-19(26)24-13-5-7-14-6-1-4-10-17(14)24/h1-4,6,8-10H,5,7,11-13H2,(H,22,25)(H,23,27). The Kier molecular flexibility index (Phi) is 6.24. The zero-order valence-corrected chi connectivity index (χ0v) is 16.3. The van der Waals surface area contributed by atoms with Crippen molar-refractivity contribution in [3.05, 3.63) is 64.1 Å². The summed E-state index contributed by atoms with van der Waals surface area (Å²) in [4.78, 5) is 38.3. The third kappa shape index (κ3) is 4.74. The SMILES string of the molecule is O=C(CCC(=O)N1CCCc2ccccc21)NNC(=O)c1ccccc1Br. The van der Waals surface area contributed by atoms with Crippen LogP contribution < -0.4 is 15.8 Å². The van der Waals surface area contributed by atoms with Crippen LogP contribution in [0.4, 0.5) is 5.69 Å². The molecule has 0 radical (unpaired) electrons. The van der Waals surface area contributed by atoms with Crippen LogP contribution in [-0.4, -0.2) is 24.3 Å². The van der Waals surface area contributed by atoms with Crippen LogP contribution in [0.5, 0.6) is 0 Å². The van der Waals surface area contributed by atoms with Gasteiger partial charge >= 0.3 is 0 Å². The molecular formula is C20H20BrN3O3. The molecule has 0 unspecified atom stereocenters. The van der Waals surface area contributed by atoms with Crippen LogP contribution in [0, 0.1) is 0 Å². The van der Waals surface area contributed by atoms with Crippen molar-refractivity contribution in [1.29, 1.82) is 0 Å². The van der Waals surface area contributed by atoms with Gasteiger partial charge in [-0.2, -0.15) is 0 Å². The molecule has 3 amide bonds. The van der Waals surface area contributed by atoms with Crippen molar-refractivity contribution in [3.8, 4) is 0 Å². The lowest BCUT2D eigenvalue weighted by atomic mass is 10.0. The Balaban J connectivity index is 1.49. The van der Waals surface area contributed by atoms with Gasteiger partial charge in [0.15, 0.2) is 0 Å². The Morgan fingerprint density at radius 3 is 2.52 bits per heavy atom. The third-order valence-corrected chi connectivity index (χ3v) is 5.10. The van der Waals surface area contributed by atoms with Crippen LogP contribution in [-0.2, 0) is 16.0 Å². The van der Waals surface area contributed by atoms with E-state index in [1.807, 2.05) is 24.3 Å². The molecule has 1 aliphatic rings. The summed E-state index contributed by atoms with van der Waals surface area (Å²) >= 11 is 3.29. The van der Waals surface area contributed by atoms with Crippen LogP contribution in [0.3, 0.4) is 0 Å². The number of hydrogen-bond acceptors (Lipinski definition) is 3. The molecule has 0 fully saturated rings. The number of carbonyl (C=O) groups excluding carboxylic acids is 3. The molecule has 6 nitrogen and oxygen atoms in total. The Morgan fingerprint density at radius 2 is 1.70 bits per heavy atom. The molecule has 1 aliphatic heterocycles. The molecule has 0 bridgehead atoms. The van der Waals surface area contributed by atoms with Crippen molar-refractivity contribution in [1.82, 2.24) is 10.9 Å². The second-order valence-electron chi connectivity index (χ2n) is 6.26. The molecule has 2 aromatic rings. The highest BCUT2D eigenvalue weighted by Gasteiger charge is 2.22. The average Bonchev–Trinajstić information content (AvgIpc) is 2.70. The molecule has 0 atom stereocenters. The largest absolute Gasteiger partial charge is 0.312 e. The average molecular weight is 430 g/mol. The predicted octanol–water partition coefficient (Wildman–Crippen LogP) is 2.97. The number of para-hydroxylation sites is 1. The van der Waals surface area contributed by atoms with Gasteiger partial charge in [-0.25, -0.2) is 0 Å². The maximum Gasteiger partial charge on any atom is 0.270 e. The molecule has 3 rings (SSSR count). The molecular weight excluding hydrogens is 410 g/mol. The minimum Gasteiger partial charge on any atom is -0.312 e. The van der Waals surface area contributed by atoms with Gasteiger partial charge in [0.25, 0.3) is 5.91 Å². The number of hydrazine groups is 1. The van der Waals surface area contributed by atoms with Gasteiger partial charge in [0, 0.05) is 29.5 Å². The fourth-order valence-corrected chi connectivity index (χ4v) is 3.51. The highest BCUT2D eigenvalue weighted by molar-refractivity contribution is 9.10. The first kappa shape index (κ1) is 19.1. The summed E-state index contributed by atoms with van der Waals surface area (Å²) in [6.45, 7) is 0.663. The van der Waals surface area contributed by atoms with Crippen molar-refractivity contribution < 1.29 is 14.4 Å². The van der Waals surface area contributed by atoms with E-state index in [0.29, 0.717) is 16.6 Å². The van der Waals surface area contributed by atoms with Gasteiger partial charge in [0.2, 0.25) is 11.8 Å². The fourth-order valence-electron chi connectivity index (χ4n) is 3.05. The number of anilines is 1. The number of amides is 3. The van der Waals surface area contributed by atoms with E-state index < -0.39 is 11.8 Å². The van der Waals surface area contributed by atoms with Crippen LogP contribution in [0.2, 0.25) is 0 Å². The van der Waals surface area contributed by atoms with Crippen molar-refractivity contribution in [3.63, 3.8) is 0 Å². The number of carbonyl (C=O) groups is 3. The molecule has 2 aromatic carbocycles. The molecule has 27 heavy (non-hydrogen) atoms. The molecule has 1 heterocycles. The number of nitrogens with one attached hydrogen (secondary N) is 2. The Bertz CT molecular complexity index is 869. The molecule has 0 saturated heterocycles. The topological polar surface area (TPSA) is 78.5 Å². The Hall–Kier alpha value is -2.67. The van der Waals surface area contributed by atoms with Gasteiger partial charge in [-0.1, -0.05) is 30.3 Å². The van der Waals surface area contributed by atoms with E-state index >= 15 is 0 Å². The smallest absolute Gasteiger partial charge is 0.270 e. The van der Waals surface area contributed by atoms with Crippen LogP contribution in [0.1, 0.15) is 35.2 Å². The quantitative estimate of drug-likeness (QED) is 0.733. The lowest BCUT2D eigenvalue weighted by Crippen LogP contribution is -2.42. The summed E-state index contributed by atoms with van der Waals surface area (Å²) in [6, 6.07) is 14.8. The summed E-state index contributed by atoms with van der Waals surface area (Å²) < 4.78 is 0.635. The molecule has 140 valence electrons. The van der Waals surface area contributed by atoms with Crippen molar-refractivity contribution in [2.75, 3.05) is 11.4 Å². The summed E-state index contributed by atoms with van der Waals surface area (Å²) in [5.74, 6) is -0.921. The summed E-state index contributed by atoms with van der Waals surface area (Å²) in [6.07, 6.45) is 1.97. The van der Waals surface area contributed by atoms with E-state index in [1.54, 1.807) is 29.2 Å². The lowest BCUT2D eigenvalue weighted by Gasteiger charge is -2.29. The van der Waals surface area contributed by atoms with Crippen LogP contribution in [0.25, 0.3) is 0 Å². The fraction of sp³-hybridized carbons (Fsp3) is 0.250. The Labute approximate surface area is 166 Å². The monoisotopic (exact) mass is 429 g/mol. The number of halogens is 1. The van der Waals surface area contributed by atoms with E-state index in [2.05, 4.69) is 26.8 Å². The summed E-state index contributed by atoms with van der Waals surface area (Å²) in [7, 11) is 0. The van der Waals surface area contributed by atoms with Gasteiger partial charge < -0.3 is 4.90 Å². The van der Waals surface area contributed by atoms with E-state index in [4.69, 9.17) is 0 Å². The summed E-state index contributed by atoms with van der Waals surface area (Å²) in [5.41, 5.74) is 7.22. The summed E-state index contributed by atoms with van der Waals surface area (Å²) in [5, 5.41) is 0. The van der Waals surface area contributed by atoms with Crippen molar-refractivity contribution >= 4 is 39.3 Å². The maximum absolute atomic E-state index is 12.5. The first-order valence-corrected chi connectivity index (χ1v) is 9.57. The van der Waals surface area contributed by atoms with Gasteiger partial charge in [0.05, 0.1) is 5.56 Å². The minimum absolute atomic E-state index is 0.00768. The van der Waals surface area contributed by atoms with Gasteiger partial charge in [-0.3, -0.25) is 25.2 Å². The predicted molar refractivity (Wildman–Crippen MR) is 106 cm³/mol. The molecule has 2 N–H and O–H groups in total. The minimum atomic E-state index is -0.424. The number of fused-ring (bicyclic) bond motifs is 1. The second kappa shape index (κ2) is 8.81.